The molecule has 152 valence electrons. The van der Waals surface area contributed by atoms with Gasteiger partial charge in [0.2, 0.25) is 5.91 Å². The first-order chi connectivity index (χ1) is 14.4. The molecule has 2 aromatic carbocycles. The molecule has 2 heterocycles. The van der Waals surface area contributed by atoms with E-state index in [9.17, 15) is 14.0 Å². The van der Waals surface area contributed by atoms with Gasteiger partial charge < -0.3 is 5.32 Å². The number of aryl methyl sites for hydroxylation is 2. The Bertz CT molecular complexity index is 1310. The SMILES string of the molecule is Cc1nn(C(C)C(=O)Nc2ccccc2F)c(=O)c2nn(-c3ccccc3)c(C)c12. The molecule has 2 aromatic heterocycles. The second kappa shape index (κ2) is 7.55. The van der Waals surface area contributed by atoms with Gasteiger partial charge in [-0.3, -0.25) is 9.59 Å². The Balaban J connectivity index is 1.77. The molecule has 7 nitrogen and oxygen atoms in total. The van der Waals surface area contributed by atoms with Crippen LogP contribution in [0.3, 0.4) is 0 Å². The van der Waals surface area contributed by atoms with E-state index in [1.54, 1.807) is 17.7 Å². The molecule has 0 fully saturated rings. The minimum absolute atomic E-state index is 0.0457. The number of carbonyl (C=O) groups excluding carboxylic acids is 1. The van der Waals surface area contributed by atoms with E-state index in [2.05, 4.69) is 15.5 Å². The lowest BCUT2D eigenvalue weighted by atomic mass is 10.2. The maximum absolute atomic E-state index is 13.9. The topological polar surface area (TPSA) is 81.8 Å². The second-order valence-corrected chi connectivity index (χ2v) is 7.04. The zero-order valence-electron chi connectivity index (χ0n) is 16.8. The predicted molar refractivity (Wildman–Crippen MR) is 112 cm³/mol. The van der Waals surface area contributed by atoms with E-state index in [4.69, 9.17) is 0 Å². The first kappa shape index (κ1) is 19.5. The molecule has 30 heavy (non-hydrogen) atoms. The number of rotatable bonds is 4. The largest absolute Gasteiger partial charge is 0.322 e. The standard InChI is InChI=1S/C22H20FN5O2/c1-13-19-14(2)27(16-9-5-4-6-10-16)26-20(19)22(30)28(25-13)15(3)21(29)24-18-12-8-7-11-17(18)23/h4-12,15H,1-3H3,(H,24,29). The van der Waals surface area contributed by atoms with Crippen LogP contribution in [0.25, 0.3) is 16.6 Å². The van der Waals surface area contributed by atoms with Gasteiger partial charge in [-0.1, -0.05) is 30.3 Å². The second-order valence-electron chi connectivity index (χ2n) is 7.04. The van der Waals surface area contributed by atoms with Crippen molar-refractivity contribution in [2.24, 2.45) is 0 Å². The molecule has 0 aliphatic carbocycles. The van der Waals surface area contributed by atoms with Gasteiger partial charge in [0, 0.05) is 0 Å². The summed E-state index contributed by atoms with van der Waals surface area (Å²) in [7, 11) is 0. The molecule has 0 radical (unpaired) electrons. The van der Waals surface area contributed by atoms with Gasteiger partial charge in [-0.2, -0.15) is 10.2 Å². The van der Waals surface area contributed by atoms with Gasteiger partial charge in [0.1, 0.15) is 11.9 Å². The number of hydrogen-bond acceptors (Lipinski definition) is 4. The smallest absolute Gasteiger partial charge is 0.295 e. The minimum atomic E-state index is -0.956. The van der Waals surface area contributed by atoms with Gasteiger partial charge in [-0.25, -0.2) is 13.8 Å². The molecule has 1 N–H and O–H groups in total. The monoisotopic (exact) mass is 405 g/mol. The van der Waals surface area contributed by atoms with Gasteiger partial charge in [0.15, 0.2) is 5.52 Å². The fourth-order valence-corrected chi connectivity index (χ4v) is 3.44. The Morgan fingerprint density at radius 3 is 2.40 bits per heavy atom. The lowest BCUT2D eigenvalue weighted by molar-refractivity contribution is -0.119. The first-order valence-corrected chi connectivity index (χ1v) is 9.48. The molecular formula is C22H20FN5O2. The molecule has 0 aliphatic heterocycles. The quantitative estimate of drug-likeness (QED) is 0.563. The number of para-hydroxylation sites is 2. The van der Waals surface area contributed by atoms with Crippen LogP contribution >= 0.6 is 0 Å². The lowest BCUT2D eigenvalue weighted by Gasteiger charge is -2.15. The molecular weight excluding hydrogens is 385 g/mol. The molecule has 1 unspecified atom stereocenters. The number of amides is 1. The highest BCUT2D eigenvalue weighted by Gasteiger charge is 2.23. The number of fused-ring (bicyclic) bond motifs is 1. The maximum Gasteiger partial charge on any atom is 0.295 e. The summed E-state index contributed by atoms with van der Waals surface area (Å²) < 4.78 is 16.6. The van der Waals surface area contributed by atoms with E-state index >= 15 is 0 Å². The van der Waals surface area contributed by atoms with Crippen LogP contribution in [0.1, 0.15) is 24.4 Å². The number of halogens is 1. The fraction of sp³-hybridized carbons (Fsp3) is 0.182. The van der Waals surface area contributed by atoms with Crippen molar-refractivity contribution >= 4 is 22.5 Å². The number of aromatic nitrogens is 4. The number of nitrogens with zero attached hydrogens (tertiary/aromatic N) is 4. The van der Waals surface area contributed by atoms with Crippen molar-refractivity contribution in [2.45, 2.75) is 26.8 Å². The number of carbonyl (C=O) groups is 1. The van der Waals surface area contributed by atoms with E-state index in [-0.39, 0.29) is 11.2 Å². The van der Waals surface area contributed by atoms with Crippen molar-refractivity contribution < 1.29 is 9.18 Å². The van der Waals surface area contributed by atoms with Crippen molar-refractivity contribution in [1.82, 2.24) is 19.6 Å². The molecule has 1 amide bonds. The van der Waals surface area contributed by atoms with Gasteiger partial charge in [0.25, 0.3) is 5.56 Å². The molecule has 0 saturated heterocycles. The summed E-state index contributed by atoms with van der Waals surface area (Å²) in [6.45, 7) is 5.18. The lowest BCUT2D eigenvalue weighted by Crippen LogP contribution is -2.34. The summed E-state index contributed by atoms with van der Waals surface area (Å²) in [5.41, 5.74) is 1.98. The number of anilines is 1. The number of benzene rings is 2. The van der Waals surface area contributed by atoms with Crippen LogP contribution in [0.15, 0.2) is 59.4 Å². The molecule has 4 rings (SSSR count). The summed E-state index contributed by atoms with van der Waals surface area (Å²) in [5, 5.41) is 12.0. The molecule has 0 bridgehead atoms. The van der Waals surface area contributed by atoms with Crippen LogP contribution in [-0.4, -0.2) is 25.5 Å². The third kappa shape index (κ3) is 3.26. The average Bonchev–Trinajstić information content (AvgIpc) is 3.10. The average molecular weight is 405 g/mol. The Kier molecular flexibility index (Phi) is 4.91. The highest BCUT2D eigenvalue weighted by molar-refractivity contribution is 5.93. The molecule has 8 heteroatoms. The van der Waals surface area contributed by atoms with Crippen LogP contribution in [0, 0.1) is 19.7 Å². The van der Waals surface area contributed by atoms with E-state index in [0.717, 1.165) is 16.1 Å². The summed E-state index contributed by atoms with van der Waals surface area (Å²) in [6, 6.07) is 14.4. The van der Waals surface area contributed by atoms with Crippen molar-refractivity contribution in [3.8, 4) is 5.69 Å². The molecule has 0 spiro atoms. The van der Waals surface area contributed by atoms with Crippen LogP contribution < -0.4 is 10.9 Å². The third-order valence-corrected chi connectivity index (χ3v) is 5.03. The predicted octanol–water partition coefficient (Wildman–Crippen LogP) is 3.54. The van der Waals surface area contributed by atoms with Gasteiger partial charge in [-0.15, -0.1) is 0 Å². The Morgan fingerprint density at radius 1 is 1.03 bits per heavy atom. The zero-order valence-corrected chi connectivity index (χ0v) is 16.8. The molecule has 0 aliphatic rings. The van der Waals surface area contributed by atoms with Gasteiger partial charge in [0.05, 0.1) is 28.1 Å². The fourth-order valence-electron chi connectivity index (χ4n) is 3.44. The summed E-state index contributed by atoms with van der Waals surface area (Å²) in [5.74, 6) is -1.10. The summed E-state index contributed by atoms with van der Waals surface area (Å²) >= 11 is 0. The summed E-state index contributed by atoms with van der Waals surface area (Å²) in [6.07, 6.45) is 0. The van der Waals surface area contributed by atoms with Gasteiger partial charge >= 0.3 is 0 Å². The van der Waals surface area contributed by atoms with Crippen molar-refractivity contribution in [3.63, 3.8) is 0 Å². The molecule has 1 atom stereocenters. The highest BCUT2D eigenvalue weighted by atomic mass is 19.1. The Morgan fingerprint density at radius 2 is 1.70 bits per heavy atom. The van der Waals surface area contributed by atoms with Gasteiger partial charge in [-0.05, 0) is 45.0 Å². The number of nitrogens with one attached hydrogen (secondary N) is 1. The molecule has 0 saturated carbocycles. The van der Waals surface area contributed by atoms with Crippen molar-refractivity contribution in [3.05, 3.63) is 82.2 Å². The van der Waals surface area contributed by atoms with E-state index < -0.39 is 23.3 Å². The van der Waals surface area contributed by atoms with E-state index in [0.29, 0.717) is 11.1 Å². The van der Waals surface area contributed by atoms with Crippen LogP contribution in [-0.2, 0) is 4.79 Å². The normalized spacial score (nSPS) is 12.1. The molecule has 4 aromatic rings. The summed E-state index contributed by atoms with van der Waals surface area (Å²) in [4.78, 5) is 25.8. The van der Waals surface area contributed by atoms with Crippen LogP contribution in [0.2, 0.25) is 0 Å². The maximum atomic E-state index is 13.9. The van der Waals surface area contributed by atoms with Crippen LogP contribution in [0.4, 0.5) is 10.1 Å². The van der Waals surface area contributed by atoms with Crippen LogP contribution in [0.5, 0.6) is 0 Å². The van der Waals surface area contributed by atoms with Crippen molar-refractivity contribution in [2.75, 3.05) is 5.32 Å². The van der Waals surface area contributed by atoms with E-state index in [1.807, 2.05) is 37.3 Å². The minimum Gasteiger partial charge on any atom is -0.322 e. The number of hydrogen-bond donors (Lipinski definition) is 1. The van der Waals surface area contributed by atoms with Crippen molar-refractivity contribution in [1.29, 1.82) is 0 Å². The van der Waals surface area contributed by atoms with E-state index in [1.165, 1.54) is 25.1 Å². The zero-order chi connectivity index (χ0) is 21.4. The third-order valence-electron chi connectivity index (χ3n) is 5.03. The highest BCUT2D eigenvalue weighted by Crippen LogP contribution is 2.22. The Hall–Kier alpha value is -3.81. The first-order valence-electron chi connectivity index (χ1n) is 9.48. The Labute approximate surface area is 171 Å².